The highest BCUT2D eigenvalue weighted by molar-refractivity contribution is 7.16. The summed E-state index contributed by atoms with van der Waals surface area (Å²) in [5, 5.41) is 3.44. The first-order valence-electron chi connectivity index (χ1n) is 8.92. The summed E-state index contributed by atoms with van der Waals surface area (Å²) < 4.78 is 1.65. The van der Waals surface area contributed by atoms with Crippen LogP contribution in [0.25, 0.3) is 17.2 Å². The van der Waals surface area contributed by atoms with Crippen LogP contribution in [0.5, 0.6) is 0 Å². The molecule has 140 valence electrons. The molecule has 0 saturated carbocycles. The van der Waals surface area contributed by atoms with Crippen molar-refractivity contribution in [1.29, 1.82) is 0 Å². The van der Waals surface area contributed by atoms with Gasteiger partial charge in [-0.25, -0.2) is 15.0 Å². The number of nitrogens with one attached hydrogen (secondary N) is 1. The fourth-order valence-corrected chi connectivity index (χ4v) is 3.87. The molecule has 4 aromatic heterocycles. The van der Waals surface area contributed by atoms with Crippen LogP contribution >= 0.6 is 11.3 Å². The van der Waals surface area contributed by atoms with Gasteiger partial charge in [-0.05, 0) is 30.7 Å². The smallest absolute Gasteiger partial charge is 0.276 e. The minimum absolute atomic E-state index is 0.285. The fourth-order valence-electron chi connectivity index (χ4n) is 2.81. The van der Waals surface area contributed by atoms with Gasteiger partial charge in [0.2, 0.25) is 0 Å². The minimum atomic E-state index is -0.285. The number of pyridine rings is 2. The van der Waals surface area contributed by atoms with E-state index < -0.39 is 0 Å². The molecular weight excluding hydrogens is 372 g/mol. The molecule has 0 fully saturated rings. The van der Waals surface area contributed by atoms with Gasteiger partial charge in [-0.1, -0.05) is 25.5 Å². The van der Waals surface area contributed by atoms with Gasteiger partial charge < -0.3 is 0 Å². The molecule has 4 rings (SSSR count). The summed E-state index contributed by atoms with van der Waals surface area (Å²) in [5.74, 6) is 0.345. The second-order valence-electron chi connectivity index (χ2n) is 6.05. The summed E-state index contributed by atoms with van der Waals surface area (Å²) in [6, 6.07) is 11.2. The summed E-state index contributed by atoms with van der Waals surface area (Å²) in [4.78, 5) is 31.3. The van der Waals surface area contributed by atoms with Gasteiger partial charge in [0.15, 0.2) is 5.13 Å². The van der Waals surface area contributed by atoms with E-state index in [4.69, 9.17) is 0 Å². The minimum Gasteiger partial charge on any atom is -0.296 e. The zero-order chi connectivity index (χ0) is 19.3. The molecule has 4 heterocycles. The molecule has 0 saturated heterocycles. The number of carbonyl (C=O) groups is 1. The van der Waals surface area contributed by atoms with Gasteiger partial charge in [-0.2, -0.15) is 0 Å². The molecule has 7 nitrogen and oxygen atoms in total. The Morgan fingerprint density at radius 3 is 2.68 bits per heavy atom. The van der Waals surface area contributed by atoms with Gasteiger partial charge in [0.05, 0.1) is 11.9 Å². The average molecular weight is 390 g/mol. The van der Waals surface area contributed by atoms with Crippen molar-refractivity contribution in [3.8, 4) is 17.2 Å². The maximum atomic E-state index is 12.8. The molecule has 0 unspecified atom stereocenters. The van der Waals surface area contributed by atoms with Gasteiger partial charge in [0.1, 0.15) is 23.5 Å². The van der Waals surface area contributed by atoms with Crippen LogP contribution in [0.2, 0.25) is 0 Å². The van der Waals surface area contributed by atoms with E-state index in [2.05, 4.69) is 32.2 Å². The van der Waals surface area contributed by atoms with E-state index in [1.165, 1.54) is 17.5 Å². The lowest BCUT2D eigenvalue weighted by molar-refractivity contribution is 0.102. The van der Waals surface area contributed by atoms with Crippen molar-refractivity contribution in [2.45, 2.75) is 19.8 Å². The Labute approximate surface area is 166 Å². The number of carbonyl (C=O) groups excluding carboxylic acids is 1. The van der Waals surface area contributed by atoms with Gasteiger partial charge in [0, 0.05) is 17.3 Å². The number of thiazole rings is 1. The molecule has 0 bridgehead atoms. The molecule has 0 aromatic carbocycles. The second kappa shape index (κ2) is 8.10. The lowest BCUT2D eigenvalue weighted by Gasteiger charge is -2.06. The number of aromatic nitrogens is 5. The molecule has 8 heteroatoms. The Bertz CT molecular complexity index is 1070. The van der Waals surface area contributed by atoms with Crippen molar-refractivity contribution >= 4 is 22.4 Å². The van der Waals surface area contributed by atoms with Crippen molar-refractivity contribution in [3.05, 3.63) is 71.9 Å². The van der Waals surface area contributed by atoms with Crippen molar-refractivity contribution in [1.82, 2.24) is 24.5 Å². The first-order chi connectivity index (χ1) is 13.8. The van der Waals surface area contributed by atoms with E-state index in [1.807, 2.05) is 36.4 Å². The number of imidazole rings is 1. The van der Waals surface area contributed by atoms with Crippen LogP contribution in [-0.4, -0.2) is 30.4 Å². The van der Waals surface area contributed by atoms with Crippen LogP contribution in [0, 0.1) is 0 Å². The number of hydrogen-bond acceptors (Lipinski definition) is 6. The fraction of sp³-hybridized carbons (Fsp3) is 0.150. The van der Waals surface area contributed by atoms with Gasteiger partial charge in [0.25, 0.3) is 5.91 Å². The van der Waals surface area contributed by atoms with Gasteiger partial charge >= 0.3 is 0 Å². The van der Waals surface area contributed by atoms with Crippen molar-refractivity contribution in [3.63, 3.8) is 0 Å². The lowest BCUT2D eigenvalue weighted by Crippen LogP contribution is -2.16. The standard InChI is InChI=1S/C20H18N6OS/c1-2-7-16-18(14-8-3-5-10-22-14)24-20(28-16)25-19(27)15-12-21-13-26(15)17-9-4-6-11-23-17/h3-6,8-13H,2,7H2,1H3,(H,24,25,27). The molecule has 28 heavy (non-hydrogen) atoms. The van der Waals surface area contributed by atoms with Crippen LogP contribution in [0.3, 0.4) is 0 Å². The van der Waals surface area contributed by atoms with E-state index in [-0.39, 0.29) is 5.91 Å². The lowest BCUT2D eigenvalue weighted by atomic mass is 10.2. The van der Waals surface area contributed by atoms with Crippen molar-refractivity contribution in [2.75, 3.05) is 5.32 Å². The predicted octanol–water partition coefficient (Wildman–Crippen LogP) is 3.99. The Morgan fingerprint density at radius 1 is 1.14 bits per heavy atom. The maximum absolute atomic E-state index is 12.8. The predicted molar refractivity (Wildman–Crippen MR) is 109 cm³/mol. The van der Waals surface area contributed by atoms with E-state index >= 15 is 0 Å². The quantitative estimate of drug-likeness (QED) is 0.538. The SMILES string of the molecule is CCCc1sc(NC(=O)c2cncn2-c2ccccn2)nc1-c1ccccn1. The zero-order valence-corrected chi connectivity index (χ0v) is 16.1. The Hall–Kier alpha value is -3.39. The average Bonchev–Trinajstić information content (AvgIpc) is 3.37. The third-order valence-electron chi connectivity index (χ3n) is 4.07. The third kappa shape index (κ3) is 3.67. The molecule has 0 aliphatic heterocycles. The summed E-state index contributed by atoms with van der Waals surface area (Å²) in [6.45, 7) is 2.12. The van der Waals surface area contributed by atoms with E-state index in [0.717, 1.165) is 29.1 Å². The summed E-state index contributed by atoms with van der Waals surface area (Å²) in [7, 11) is 0. The Balaban J connectivity index is 1.62. The number of aryl methyl sites for hydroxylation is 1. The second-order valence-corrected chi connectivity index (χ2v) is 7.13. The zero-order valence-electron chi connectivity index (χ0n) is 15.2. The van der Waals surface area contributed by atoms with Crippen LogP contribution in [0.15, 0.2) is 61.3 Å². The summed E-state index contributed by atoms with van der Waals surface area (Å²) in [6.07, 6.45) is 8.38. The molecule has 4 aromatic rings. The molecule has 0 atom stereocenters. The summed E-state index contributed by atoms with van der Waals surface area (Å²) in [5.41, 5.74) is 2.02. The van der Waals surface area contributed by atoms with Gasteiger partial charge in [-0.15, -0.1) is 11.3 Å². The largest absolute Gasteiger partial charge is 0.296 e. The molecule has 0 spiro atoms. The first kappa shape index (κ1) is 18.0. The highest BCUT2D eigenvalue weighted by atomic mass is 32.1. The van der Waals surface area contributed by atoms with Crippen LogP contribution in [-0.2, 0) is 6.42 Å². The Kier molecular flexibility index (Phi) is 5.20. The van der Waals surface area contributed by atoms with Crippen LogP contribution in [0.4, 0.5) is 5.13 Å². The topological polar surface area (TPSA) is 85.6 Å². The van der Waals surface area contributed by atoms with E-state index in [1.54, 1.807) is 23.3 Å². The highest BCUT2D eigenvalue weighted by Gasteiger charge is 2.18. The third-order valence-corrected chi connectivity index (χ3v) is 5.10. The summed E-state index contributed by atoms with van der Waals surface area (Å²) >= 11 is 1.48. The number of amides is 1. The van der Waals surface area contributed by atoms with Crippen molar-refractivity contribution < 1.29 is 4.79 Å². The first-order valence-corrected chi connectivity index (χ1v) is 9.74. The molecule has 0 radical (unpaired) electrons. The number of anilines is 1. The van der Waals surface area contributed by atoms with Crippen LogP contribution < -0.4 is 5.32 Å². The molecule has 1 amide bonds. The maximum Gasteiger partial charge on any atom is 0.276 e. The highest BCUT2D eigenvalue weighted by Crippen LogP contribution is 2.31. The Morgan fingerprint density at radius 2 is 1.96 bits per heavy atom. The number of rotatable bonds is 6. The number of nitrogens with zero attached hydrogens (tertiary/aromatic N) is 5. The van der Waals surface area contributed by atoms with Crippen LogP contribution in [0.1, 0.15) is 28.7 Å². The molecule has 1 N–H and O–H groups in total. The molecular formula is C20H18N6OS. The molecule has 0 aliphatic rings. The van der Waals surface area contributed by atoms with E-state index in [9.17, 15) is 4.79 Å². The van der Waals surface area contributed by atoms with Gasteiger partial charge in [-0.3, -0.25) is 19.7 Å². The monoisotopic (exact) mass is 390 g/mol. The molecule has 0 aliphatic carbocycles. The van der Waals surface area contributed by atoms with Crippen molar-refractivity contribution in [2.24, 2.45) is 0 Å². The number of hydrogen-bond donors (Lipinski definition) is 1. The van der Waals surface area contributed by atoms with E-state index in [0.29, 0.717) is 16.6 Å². The normalized spacial score (nSPS) is 10.8.